The first-order valence-electron chi connectivity index (χ1n) is 3.94. The zero-order chi connectivity index (χ0) is 11.6. The lowest BCUT2D eigenvalue weighted by Gasteiger charge is -2.30. The van der Waals surface area contributed by atoms with Gasteiger partial charge in [-0.3, -0.25) is 4.79 Å². The molecule has 0 aromatic rings. The summed E-state index contributed by atoms with van der Waals surface area (Å²) >= 11 is 0. The van der Waals surface area contributed by atoms with Gasteiger partial charge in [-0.05, 0) is 20.8 Å². The highest BCUT2D eigenvalue weighted by Crippen LogP contribution is 2.21. The van der Waals surface area contributed by atoms with Gasteiger partial charge in [-0.1, -0.05) is 0 Å². The summed E-state index contributed by atoms with van der Waals surface area (Å²) in [5, 5.41) is 26.4. The smallest absolute Gasteiger partial charge is 0.364 e. The van der Waals surface area contributed by atoms with E-state index in [2.05, 4.69) is 0 Å². The minimum absolute atomic E-state index is 0.942. The first-order chi connectivity index (χ1) is 6.07. The highest BCUT2D eigenvalue weighted by Gasteiger charge is 2.43. The molecule has 0 spiro atoms. The Morgan fingerprint density at radius 1 is 1.21 bits per heavy atom. The van der Waals surface area contributed by atoms with Crippen molar-refractivity contribution in [1.82, 2.24) is 0 Å². The third kappa shape index (κ3) is 4.20. The topological polar surface area (TPSA) is 104 Å². The van der Waals surface area contributed by atoms with Crippen LogP contribution in [0.15, 0.2) is 0 Å². The highest BCUT2D eigenvalue weighted by molar-refractivity contribution is 5.82. The third-order valence-corrected chi connectivity index (χ3v) is 1.20. The molecular formula is C8H14O6. The molecule has 0 amide bonds. The summed E-state index contributed by atoms with van der Waals surface area (Å²) in [6.07, 6.45) is -1.00. The Bertz CT molecular complexity index is 241. The van der Waals surface area contributed by atoms with Crippen LogP contribution in [0.1, 0.15) is 27.2 Å². The van der Waals surface area contributed by atoms with Gasteiger partial charge in [-0.25, -0.2) is 4.79 Å². The van der Waals surface area contributed by atoms with Gasteiger partial charge < -0.3 is 20.1 Å². The number of hydrogen-bond donors (Lipinski definition) is 3. The van der Waals surface area contributed by atoms with E-state index in [4.69, 9.17) is 14.9 Å². The van der Waals surface area contributed by atoms with E-state index in [-0.39, 0.29) is 0 Å². The van der Waals surface area contributed by atoms with E-state index in [9.17, 15) is 14.7 Å². The van der Waals surface area contributed by atoms with Crippen LogP contribution >= 0.6 is 0 Å². The molecule has 0 heterocycles. The summed E-state index contributed by atoms with van der Waals surface area (Å²) in [6, 6.07) is 0. The Kier molecular flexibility index (Phi) is 3.61. The van der Waals surface area contributed by atoms with Crippen molar-refractivity contribution in [3.63, 3.8) is 0 Å². The molecule has 1 unspecified atom stereocenters. The summed E-state index contributed by atoms with van der Waals surface area (Å²) < 4.78 is 4.77. The monoisotopic (exact) mass is 206 g/mol. The molecule has 0 rings (SSSR count). The maximum absolute atomic E-state index is 10.6. The standard InChI is InChI=1S/C8H14O6/c1-7(2,3)14-8(13,6(11)12)4-5(9)10/h13H,4H2,1-3H3,(H,9,10)(H,11,12). The average Bonchev–Trinajstić information content (AvgIpc) is 1.79. The van der Waals surface area contributed by atoms with E-state index in [0.717, 1.165) is 0 Å². The Balaban J connectivity index is 4.73. The Hall–Kier alpha value is -1.14. The first kappa shape index (κ1) is 12.9. The van der Waals surface area contributed by atoms with Crippen molar-refractivity contribution in [2.24, 2.45) is 0 Å². The zero-order valence-electron chi connectivity index (χ0n) is 8.27. The quantitative estimate of drug-likeness (QED) is 0.561. The minimum atomic E-state index is -2.68. The third-order valence-electron chi connectivity index (χ3n) is 1.20. The van der Waals surface area contributed by atoms with Crippen LogP contribution in [0.5, 0.6) is 0 Å². The van der Waals surface area contributed by atoms with Crippen LogP contribution in [-0.4, -0.2) is 38.6 Å². The first-order valence-corrected chi connectivity index (χ1v) is 3.94. The number of carbonyl (C=O) groups is 2. The minimum Gasteiger partial charge on any atom is -0.481 e. The van der Waals surface area contributed by atoms with Crippen LogP contribution in [0.25, 0.3) is 0 Å². The van der Waals surface area contributed by atoms with Crippen molar-refractivity contribution in [3.8, 4) is 0 Å². The lowest BCUT2D eigenvalue weighted by Crippen LogP contribution is -2.48. The zero-order valence-corrected chi connectivity index (χ0v) is 8.27. The van der Waals surface area contributed by atoms with Gasteiger partial charge >= 0.3 is 11.9 Å². The molecule has 6 heteroatoms. The summed E-state index contributed by atoms with van der Waals surface area (Å²) in [4.78, 5) is 20.9. The van der Waals surface area contributed by atoms with E-state index >= 15 is 0 Å². The van der Waals surface area contributed by atoms with Crippen LogP contribution in [-0.2, 0) is 14.3 Å². The molecule has 0 aliphatic carbocycles. The lowest BCUT2D eigenvalue weighted by atomic mass is 10.1. The van der Waals surface area contributed by atoms with Crippen LogP contribution in [0, 0.1) is 0 Å². The second kappa shape index (κ2) is 3.93. The number of carboxylic acids is 2. The molecule has 14 heavy (non-hydrogen) atoms. The van der Waals surface area contributed by atoms with Crippen LogP contribution in [0.2, 0.25) is 0 Å². The second-order valence-corrected chi connectivity index (χ2v) is 3.87. The fraction of sp³-hybridized carbons (Fsp3) is 0.750. The van der Waals surface area contributed by atoms with Crippen LogP contribution in [0.3, 0.4) is 0 Å². The number of rotatable bonds is 4. The second-order valence-electron chi connectivity index (χ2n) is 3.87. The van der Waals surface area contributed by atoms with Crippen molar-refractivity contribution in [3.05, 3.63) is 0 Å². The fourth-order valence-corrected chi connectivity index (χ4v) is 0.867. The molecule has 3 N–H and O–H groups in total. The van der Waals surface area contributed by atoms with Crippen LogP contribution < -0.4 is 0 Å². The Morgan fingerprint density at radius 2 is 1.64 bits per heavy atom. The molecule has 0 aliphatic rings. The van der Waals surface area contributed by atoms with E-state index < -0.39 is 29.7 Å². The Labute approximate surface area is 81.1 Å². The molecule has 0 bridgehead atoms. The largest absolute Gasteiger partial charge is 0.481 e. The summed E-state index contributed by atoms with van der Waals surface area (Å²) in [6.45, 7) is 4.55. The van der Waals surface area contributed by atoms with Gasteiger partial charge in [0.25, 0.3) is 5.79 Å². The maximum Gasteiger partial charge on any atom is 0.364 e. The lowest BCUT2D eigenvalue weighted by molar-refractivity contribution is -0.257. The average molecular weight is 206 g/mol. The van der Waals surface area contributed by atoms with Crippen molar-refractivity contribution in [1.29, 1.82) is 0 Å². The maximum atomic E-state index is 10.6. The highest BCUT2D eigenvalue weighted by atomic mass is 16.7. The van der Waals surface area contributed by atoms with Crippen molar-refractivity contribution >= 4 is 11.9 Å². The molecular weight excluding hydrogens is 192 g/mol. The van der Waals surface area contributed by atoms with Gasteiger partial charge in [-0.15, -0.1) is 0 Å². The molecule has 6 nitrogen and oxygen atoms in total. The molecule has 0 radical (unpaired) electrons. The molecule has 0 aromatic heterocycles. The molecule has 0 aromatic carbocycles. The SMILES string of the molecule is CC(C)(C)OC(O)(CC(=O)O)C(=O)O. The van der Waals surface area contributed by atoms with Gasteiger partial charge in [0.05, 0.1) is 5.60 Å². The molecule has 0 saturated carbocycles. The predicted molar refractivity (Wildman–Crippen MR) is 45.7 cm³/mol. The summed E-state index contributed by atoms with van der Waals surface area (Å²) in [7, 11) is 0. The molecule has 0 aliphatic heterocycles. The van der Waals surface area contributed by atoms with E-state index in [1.807, 2.05) is 0 Å². The van der Waals surface area contributed by atoms with Gasteiger partial charge in [0.1, 0.15) is 6.42 Å². The molecule has 0 saturated heterocycles. The predicted octanol–water partition coefficient (Wildman–Crippen LogP) is 0.0494. The van der Waals surface area contributed by atoms with Crippen LogP contribution in [0.4, 0.5) is 0 Å². The van der Waals surface area contributed by atoms with E-state index in [0.29, 0.717) is 0 Å². The molecule has 82 valence electrons. The number of aliphatic carboxylic acids is 2. The van der Waals surface area contributed by atoms with Gasteiger partial charge in [0, 0.05) is 0 Å². The van der Waals surface area contributed by atoms with Gasteiger partial charge in [0.15, 0.2) is 0 Å². The number of carboxylic acid groups (broad SMARTS) is 2. The number of ether oxygens (including phenoxy) is 1. The summed E-state index contributed by atoms with van der Waals surface area (Å²) in [5.41, 5.74) is -0.942. The van der Waals surface area contributed by atoms with E-state index in [1.54, 1.807) is 0 Å². The number of hydrogen-bond acceptors (Lipinski definition) is 4. The normalized spacial score (nSPS) is 16.0. The van der Waals surface area contributed by atoms with E-state index in [1.165, 1.54) is 20.8 Å². The van der Waals surface area contributed by atoms with Crippen molar-refractivity contribution < 1.29 is 29.6 Å². The molecule has 1 atom stereocenters. The van der Waals surface area contributed by atoms with Gasteiger partial charge in [-0.2, -0.15) is 0 Å². The Morgan fingerprint density at radius 3 is 1.86 bits per heavy atom. The summed E-state index contributed by atoms with van der Waals surface area (Å²) in [5.74, 6) is -5.83. The number of aliphatic hydroxyl groups is 1. The fourth-order valence-electron chi connectivity index (χ4n) is 0.867. The van der Waals surface area contributed by atoms with Crippen molar-refractivity contribution in [2.75, 3.05) is 0 Å². The van der Waals surface area contributed by atoms with Gasteiger partial charge in [0.2, 0.25) is 0 Å². The molecule has 0 fully saturated rings. The van der Waals surface area contributed by atoms with Crippen molar-refractivity contribution in [2.45, 2.75) is 38.6 Å².